The molecule has 1 N–H and O–H groups in total. The average molecular weight is 270 g/mol. The smallest absolute Gasteiger partial charge is 0.256 e. The predicted octanol–water partition coefficient (Wildman–Crippen LogP) is 1.44. The zero-order chi connectivity index (χ0) is 14.1. The lowest BCUT2D eigenvalue weighted by atomic mass is 10.2. The van der Waals surface area contributed by atoms with Gasteiger partial charge in [-0.3, -0.25) is 9.48 Å². The Morgan fingerprint density at radius 3 is 2.90 bits per heavy atom. The van der Waals surface area contributed by atoms with Crippen molar-refractivity contribution in [3.8, 4) is 0 Å². The lowest BCUT2D eigenvalue weighted by molar-refractivity contribution is 0.102. The van der Waals surface area contributed by atoms with E-state index >= 15 is 0 Å². The molecule has 0 aliphatic heterocycles. The van der Waals surface area contributed by atoms with E-state index in [1.54, 1.807) is 40.8 Å². The Morgan fingerprint density at radius 2 is 2.20 bits per heavy atom. The van der Waals surface area contributed by atoms with E-state index < -0.39 is 0 Å². The number of benzene rings is 1. The van der Waals surface area contributed by atoms with Gasteiger partial charge in [0.1, 0.15) is 5.52 Å². The van der Waals surface area contributed by atoms with E-state index in [4.69, 9.17) is 0 Å². The van der Waals surface area contributed by atoms with Gasteiger partial charge in [0.25, 0.3) is 5.91 Å². The first kappa shape index (κ1) is 12.3. The number of anilines is 1. The van der Waals surface area contributed by atoms with Crippen molar-refractivity contribution in [1.29, 1.82) is 0 Å². The Bertz CT molecular complexity index is 772. The maximum atomic E-state index is 12.1. The molecule has 3 rings (SSSR count). The van der Waals surface area contributed by atoms with Gasteiger partial charge in [-0.15, -0.1) is 5.10 Å². The van der Waals surface area contributed by atoms with Crippen LogP contribution < -0.4 is 5.32 Å². The third-order valence-corrected chi connectivity index (χ3v) is 3.03. The molecule has 0 atom stereocenters. The molecule has 0 fully saturated rings. The fraction of sp³-hybridized carbons (Fsp3) is 0.231. The highest BCUT2D eigenvalue weighted by atomic mass is 16.1. The molecule has 0 unspecified atom stereocenters. The fourth-order valence-electron chi connectivity index (χ4n) is 2.02. The summed E-state index contributed by atoms with van der Waals surface area (Å²) in [6.45, 7) is 2.74. The lowest BCUT2D eigenvalue weighted by Crippen LogP contribution is -2.12. The Labute approximate surface area is 115 Å². The highest BCUT2D eigenvalue weighted by Crippen LogP contribution is 2.14. The second-order valence-electron chi connectivity index (χ2n) is 4.44. The molecule has 0 aliphatic carbocycles. The molecule has 0 spiro atoms. The van der Waals surface area contributed by atoms with Crippen molar-refractivity contribution >= 4 is 22.8 Å². The van der Waals surface area contributed by atoms with E-state index in [2.05, 4.69) is 20.7 Å². The zero-order valence-corrected chi connectivity index (χ0v) is 11.2. The Hall–Kier alpha value is -2.70. The highest BCUT2D eigenvalue weighted by Gasteiger charge is 2.10. The van der Waals surface area contributed by atoms with E-state index in [1.165, 1.54) is 0 Å². The molecule has 0 aliphatic rings. The van der Waals surface area contributed by atoms with Crippen LogP contribution in [-0.2, 0) is 13.6 Å². The van der Waals surface area contributed by atoms with E-state index in [0.29, 0.717) is 16.9 Å². The summed E-state index contributed by atoms with van der Waals surface area (Å²) in [5.41, 5.74) is 2.16. The van der Waals surface area contributed by atoms with Gasteiger partial charge in [-0.05, 0) is 25.1 Å². The fourth-order valence-corrected chi connectivity index (χ4v) is 2.02. The third-order valence-electron chi connectivity index (χ3n) is 3.03. The zero-order valence-electron chi connectivity index (χ0n) is 11.2. The van der Waals surface area contributed by atoms with Crippen LogP contribution in [0.25, 0.3) is 11.0 Å². The number of aromatic nitrogens is 5. The number of nitrogens with zero attached hydrogens (tertiary/aromatic N) is 5. The Kier molecular flexibility index (Phi) is 2.94. The van der Waals surface area contributed by atoms with E-state index in [-0.39, 0.29) is 5.91 Å². The molecule has 1 aromatic carbocycles. The van der Waals surface area contributed by atoms with Gasteiger partial charge in [-0.25, -0.2) is 4.68 Å². The monoisotopic (exact) mass is 270 g/mol. The Morgan fingerprint density at radius 1 is 1.35 bits per heavy atom. The van der Waals surface area contributed by atoms with Gasteiger partial charge in [0, 0.05) is 31.4 Å². The summed E-state index contributed by atoms with van der Waals surface area (Å²) < 4.78 is 3.42. The van der Waals surface area contributed by atoms with Crippen molar-refractivity contribution in [3.63, 3.8) is 0 Å². The van der Waals surface area contributed by atoms with Crippen LogP contribution in [0.3, 0.4) is 0 Å². The quantitative estimate of drug-likeness (QED) is 0.781. The lowest BCUT2D eigenvalue weighted by Gasteiger charge is -2.02. The summed E-state index contributed by atoms with van der Waals surface area (Å²) in [5.74, 6) is 0.312. The molecule has 3 aromatic rings. The molecule has 2 aromatic heterocycles. The predicted molar refractivity (Wildman–Crippen MR) is 74.4 cm³/mol. The number of carbonyl (C=O) groups excluding carboxylic acids is 1. The molecule has 102 valence electrons. The second kappa shape index (κ2) is 4.76. The standard InChI is InChI=1S/C13H14N6O/c1-3-19-11-5-4-9(8-10(11)15-17-19)13(20)14-12-6-7-18(2)16-12/h4-8H,3H2,1-2H3,(H,14,16,20). The van der Waals surface area contributed by atoms with Gasteiger partial charge < -0.3 is 5.32 Å². The molecule has 20 heavy (non-hydrogen) atoms. The first-order valence-electron chi connectivity index (χ1n) is 6.31. The molecule has 0 radical (unpaired) electrons. The van der Waals surface area contributed by atoms with Gasteiger partial charge in [-0.2, -0.15) is 5.10 Å². The van der Waals surface area contributed by atoms with Crippen molar-refractivity contribution < 1.29 is 4.79 Å². The maximum absolute atomic E-state index is 12.1. The summed E-state index contributed by atoms with van der Waals surface area (Å²) in [4.78, 5) is 12.1. The van der Waals surface area contributed by atoms with Crippen LogP contribution in [0.15, 0.2) is 30.5 Å². The van der Waals surface area contributed by atoms with Crippen molar-refractivity contribution in [1.82, 2.24) is 24.8 Å². The summed E-state index contributed by atoms with van der Waals surface area (Å²) in [7, 11) is 1.80. The van der Waals surface area contributed by atoms with Crippen LogP contribution >= 0.6 is 0 Å². The van der Waals surface area contributed by atoms with Crippen LogP contribution in [0.5, 0.6) is 0 Å². The van der Waals surface area contributed by atoms with Crippen LogP contribution in [0.4, 0.5) is 5.82 Å². The SMILES string of the molecule is CCn1nnc2cc(C(=O)Nc3ccn(C)n3)ccc21. The van der Waals surface area contributed by atoms with Gasteiger partial charge in [0.15, 0.2) is 5.82 Å². The summed E-state index contributed by atoms with van der Waals surface area (Å²) in [5, 5.41) is 14.9. The van der Waals surface area contributed by atoms with Gasteiger partial charge in [0.2, 0.25) is 0 Å². The van der Waals surface area contributed by atoms with E-state index in [1.807, 2.05) is 13.0 Å². The largest absolute Gasteiger partial charge is 0.305 e. The number of hydrogen-bond acceptors (Lipinski definition) is 4. The minimum atomic E-state index is -0.211. The van der Waals surface area contributed by atoms with E-state index in [0.717, 1.165) is 12.1 Å². The van der Waals surface area contributed by atoms with Crippen molar-refractivity contribution in [2.24, 2.45) is 7.05 Å². The number of nitrogens with one attached hydrogen (secondary N) is 1. The molecule has 1 amide bonds. The third kappa shape index (κ3) is 2.13. The Balaban J connectivity index is 1.88. The molecular formula is C13H14N6O. The minimum Gasteiger partial charge on any atom is -0.305 e. The molecule has 0 saturated heterocycles. The molecule has 7 nitrogen and oxygen atoms in total. The highest BCUT2D eigenvalue weighted by molar-refractivity contribution is 6.05. The normalized spacial score (nSPS) is 10.9. The molecule has 0 saturated carbocycles. The summed E-state index contributed by atoms with van der Waals surface area (Å²) in [6, 6.07) is 7.08. The first-order chi connectivity index (χ1) is 9.67. The van der Waals surface area contributed by atoms with Crippen molar-refractivity contribution in [3.05, 3.63) is 36.0 Å². The molecule has 2 heterocycles. The summed E-state index contributed by atoms with van der Waals surface area (Å²) >= 11 is 0. The maximum Gasteiger partial charge on any atom is 0.256 e. The number of amides is 1. The number of rotatable bonds is 3. The number of hydrogen-bond donors (Lipinski definition) is 1. The summed E-state index contributed by atoms with van der Waals surface area (Å²) in [6.07, 6.45) is 1.77. The van der Waals surface area contributed by atoms with Crippen molar-refractivity contribution in [2.45, 2.75) is 13.5 Å². The average Bonchev–Trinajstić information content (AvgIpc) is 3.03. The van der Waals surface area contributed by atoms with Crippen LogP contribution in [0.1, 0.15) is 17.3 Å². The van der Waals surface area contributed by atoms with Gasteiger partial charge in [0.05, 0.1) is 5.52 Å². The number of aryl methyl sites for hydroxylation is 2. The van der Waals surface area contributed by atoms with Crippen LogP contribution in [-0.4, -0.2) is 30.7 Å². The van der Waals surface area contributed by atoms with Crippen molar-refractivity contribution in [2.75, 3.05) is 5.32 Å². The minimum absolute atomic E-state index is 0.211. The van der Waals surface area contributed by atoms with Crippen LogP contribution in [0, 0.1) is 0 Å². The molecule has 0 bridgehead atoms. The topological polar surface area (TPSA) is 77.6 Å². The number of fused-ring (bicyclic) bond motifs is 1. The van der Waals surface area contributed by atoms with Gasteiger partial charge >= 0.3 is 0 Å². The molecular weight excluding hydrogens is 256 g/mol. The number of carbonyl (C=O) groups is 1. The van der Waals surface area contributed by atoms with Crippen LogP contribution in [0.2, 0.25) is 0 Å². The van der Waals surface area contributed by atoms with Gasteiger partial charge in [-0.1, -0.05) is 5.21 Å². The first-order valence-corrected chi connectivity index (χ1v) is 6.31. The van der Waals surface area contributed by atoms with E-state index in [9.17, 15) is 4.79 Å². The second-order valence-corrected chi connectivity index (χ2v) is 4.44. The molecule has 7 heteroatoms.